The lowest BCUT2D eigenvalue weighted by Gasteiger charge is -2.14. The molecule has 0 aliphatic rings. The van der Waals surface area contributed by atoms with Gasteiger partial charge in [-0.3, -0.25) is 0 Å². The second-order valence-corrected chi connectivity index (χ2v) is 16.9. The van der Waals surface area contributed by atoms with Crippen molar-refractivity contribution in [3.8, 4) is 41.8 Å². The fourth-order valence-corrected chi connectivity index (χ4v) is 10.3. The summed E-state index contributed by atoms with van der Waals surface area (Å²) in [6.07, 6.45) is 12.7. The molecule has 7 aromatic rings. The molecule has 0 aliphatic heterocycles. The summed E-state index contributed by atoms with van der Waals surface area (Å²) in [5.41, 5.74) is 9.87. The van der Waals surface area contributed by atoms with Crippen molar-refractivity contribution in [2.45, 2.75) is 91.9 Å². The smallest absolute Gasteiger partial charge is 0.114 e. The molecule has 0 aliphatic carbocycles. The summed E-state index contributed by atoms with van der Waals surface area (Å²) >= 11 is 5.04. The zero-order chi connectivity index (χ0) is 35.2. The molecular formula is C46H50N2S3. The van der Waals surface area contributed by atoms with Gasteiger partial charge in [-0.1, -0.05) is 152 Å². The van der Waals surface area contributed by atoms with E-state index in [1.54, 1.807) is 0 Å². The van der Waals surface area contributed by atoms with Crippen molar-refractivity contribution in [2.75, 3.05) is 0 Å². The van der Waals surface area contributed by atoms with Crippen LogP contribution in [0, 0.1) is 11.8 Å². The van der Waals surface area contributed by atoms with Crippen LogP contribution in [0.2, 0.25) is 0 Å². The zero-order valence-corrected chi connectivity index (χ0v) is 33.0. The van der Waals surface area contributed by atoms with E-state index in [9.17, 15) is 0 Å². The maximum atomic E-state index is 4.95. The van der Waals surface area contributed by atoms with Crippen LogP contribution in [0.25, 0.3) is 63.6 Å². The molecule has 2 unspecified atom stereocenters. The molecule has 262 valence electrons. The SMILES string of the molecule is CCCCC(CC)Cc1ccc(-c2ccc(-c3c4ccccc4c(-c4ccc(-c5ccc(CC(CC)CCCC)cc5)s4)c4nsnc34)s2)cc1. The maximum absolute atomic E-state index is 4.95. The predicted octanol–water partition coefficient (Wildman–Crippen LogP) is 15.2. The maximum Gasteiger partial charge on any atom is 0.114 e. The highest BCUT2D eigenvalue weighted by molar-refractivity contribution is 7.19. The summed E-state index contributed by atoms with van der Waals surface area (Å²) in [5, 5.41) is 2.48. The van der Waals surface area contributed by atoms with Gasteiger partial charge in [-0.15, -0.1) is 22.7 Å². The molecule has 3 aromatic heterocycles. The first-order chi connectivity index (χ1) is 25.1. The molecule has 2 atom stereocenters. The minimum atomic E-state index is 0.778. The molecule has 3 heterocycles. The van der Waals surface area contributed by atoms with E-state index in [-0.39, 0.29) is 0 Å². The number of thiophene rings is 2. The summed E-state index contributed by atoms with van der Waals surface area (Å²) in [6.45, 7) is 9.25. The van der Waals surface area contributed by atoms with E-state index >= 15 is 0 Å². The van der Waals surface area contributed by atoms with Gasteiger partial charge in [-0.2, -0.15) is 8.75 Å². The van der Waals surface area contributed by atoms with Gasteiger partial charge in [0.25, 0.3) is 0 Å². The third kappa shape index (κ3) is 7.91. The largest absolute Gasteiger partial charge is 0.172 e. The number of benzene rings is 4. The molecule has 0 N–H and O–H groups in total. The summed E-state index contributed by atoms with van der Waals surface area (Å²) < 4.78 is 9.89. The van der Waals surface area contributed by atoms with E-state index in [0.29, 0.717) is 0 Å². The van der Waals surface area contributed by atoms with Crippen LogP contribution in [0.3, 0.4) is 0 Å². The molecule has 2 nitrogen and oxygen atoms in total. The highest BCUT2D eigenvalue weighted by atomic mass is 32.1. The topological polar surface area (TPSA) is 25.8 Å². The van der Waals surface area contributed by atoms with Crippen molar-refractivity contribution < 1.29 is 0 Å². The van der Waals surface area contributed by atoms with E-state index in [1.807, 2.05) is 22.7 Å². The molecule has 51 heavy (non-hydrogen) atoms. The lowest BCUT2D eigenvalue weighted by molar-refractivity contribution is 0.449. The molecule has 5 heteroatoms. The van der Waals surface area contributed by atoms with Gasteiger partial charge in [-0.25, -0.2) is 0 Å². The quantitative estimate of drug-likeness (QED) is 0.0991. The van der Waals surface area contributed by atoms with Crippen molar-refractivity contribution in [2.24, 2.45) is 11.8 Å². The first kappa shape index (κ1) is 35.7. The monoisotopic (exact) mass is 726 g/mol. The van der Waals surface area contributed by atoms with Crippen LogP contribution in [0.15, 0.2) is 97.1 Å². The van der Waals surface area contributed by atoms with Crippen molar-refractivity contribution >= 4 is 56.2 Å². The Morgan fingerprint density at radius 1 is 0.490 bits per heavy atom. The third-order valence-electron chi connectivity index (χ3n) is 10.7. The number of unbranched alkanes of at least 4 members (excludes halogenated alkanes) is 2. The number of aromatic nitrogens is 2. The lowest BCUT2D eigenvalue weighted by Crippen LogP contribution is -2.03. The minimum Gasteiger partial charge on any atom is -0.172 e. The van der Waals surface area contributed by atoms with Gasteiger partial charge in [0.05, 0.1) is 11.7 Å². The van der Waals surface area contributed by atoms with Crippen molar-refractivity contribution in [3.63, 3.8) is 0 Å². The average molecular weight is 727 g/mol. The fraction of sp³-hybridized carbons (Fsp3) is 0.348. The Balaban J connectivity index is 1.18. The highest BCUT2D eigenvalue weighted by Gasteiger charge is 2.22. The first-order valence-electron chi connectivity index (χ1n) is 19.2. The second kappa shape index (κ2) is 16.8. The van der Waals surface area contributed by atoms with Crippen LogP contribution in [-0.4, -0.2) is 8.75 Å². The van der Waals surface area contributed by atoms with Crippen LogP contribution in [0.4, 0.5) is 0 Å². The summed E-state index contributed by atoms with van der Waals surface area (Å²) in [7, 11) is 0. The lowest BCUT2D eigenvalue weighted by atomic mass is 9.91. The number of fused-ring (bicyclic) bond motifs is 2. The van der Waals surface area contributed by atoms with Gasteiger partial charge in [0, 0.05) is 30.6 Å². The summed E-state index contributed by atoms with van der Waals surface area (Å²) in [6, 6.07) is 36.6. The minimum absolute atomic E-state index is 0.778. The standard InChI is InChI=1S/C46H50N2S3/c1-5-9-13-31(7-3)29-33-17-21-35(22-18-33)39-25-27-41(49-39)43-37-15-11-12-16-38(37)44(46-45(43)47-51-48-46)42-28-26-40(50-42)36-23-19-34(20-24-36)30-32(8-4)14-10-6-2/h11-12,15-28,31-32H,5-10,13-14,29-30H2,1-4H3. The number of hydrogen-bond acceptors (Lipinski definition) is 5. The van der Waals surface area contributed by atoms with Gasteiger partial charge in [0.1, 0.15) is 11.0 Å². The highest BCUT2D eigenvalue weighted by Crippen LogP contribution is 2.47. The third-order valence-corrected chi connectivity index (χ3v) is 13.6. The van der Waals surface area contributed by atoms with Crippen LogP contribution in [0.1, 0.15) is 90.2 Å². The number of nitrogens with zero attached hydrogens (tertiary/aromatic N) is 2. The van der Waals surface area contributed by atoms with Crippen LogP contribution in [-0.2, 0) is 12.8 Å². The molecule has 0 spiro atoms. The van der Waals surface area contributed by atoms with Gasteiger partial charge in [-0.05, 0) is 82.0 Å². The Hall–Kier alpha value is -3.64. The number of rotatable bonds is 16. The zero-order valence-electron chi connectivity index (χ0n) is 30.6. The number of hydrogen-bond donors (Lipinski definition) is 0. The van der Waals surface area contributed by atoms with Crippen LogP contribution >= 0.6 is 34.4 Å². The Morgan fingerprint density at radius 3 is 1.29 bits per heavy atom. The summed E-state index contributed by atoms with van der Waals surface area (Å²) in [5.74, 6) is 1.56. The van der Waals surface area contributed by atoms with Gasteiger partial charge in [0.2, 0.25) is 0 Å². The van der Waals surface area contributed by atoms with Gasteiger partial charge < -0.3 is 0 Å². The van der Waals surface area contributed by atoms with Crippen LogP contribution in [0.5, 0.6) is 0 Å². The Bertz CT molecular complexity index is 2010. The van der Waals surface area contributed by atoms with E-state index < -0.39 is 0 Å². The van der Waals surface area contributed by atoms with Crippen molar-refractivity contribution in [3.05, 3.63) is 108 Å². The van der Waals surface area contributed by atoms with Gasteiger partial charge >= 0.3 is 0 Å². The predicted molar refractivity (Wildman–Crippen MR) is 226 cm³/mol. The average Bonchev–Trinajstić information content (AvgIpc) is 3.97. The molecule has 0 fully saturated rings. The molecule has 0 bridgehead atoms. The second-order valence-electron chi connectivity index (χ2n) is 14.2. The molecule has 4 aromatic carbocycles. The van der Waals surface area contributed by atoms with E-state index in [0.717, 1.165) is 22.9 Å². The Kier molecular flexibility index (Phi) is 11.8. The van der Waals surface area contributed by atoms with Gasteiger partial charge in [0.15, 0.2) is 0 Å². The Labute approximate surface area is 317 Å². The first-order valence-corrected chi connectivity index (χ1v) is 21.5. The molecule has 7 rings (SSSR count). The molecular weight excluding hydrogens is 677 g/mol. The summed E-state index contributed by atoms with van der Waals surface area (Å²) in [4.78, 5) is 5.07. The normalized spacial score (nSPS) is 12.9. The molecule has 0 amide bonds. The fourth-order valence-electron chi connectivity index (χ4n) is 7.61. The molecule has 0 saturated heterocycles. The van der Waals surface area contributed by atoms with E-state index in [1.165, 1.54) is 140 Å². The van der Waals surface area contributed by atoms with Crippen molar-refractivity contribution in [1.82, 2.24) is 8.75 Å². The molecule has 0 radical (unpaired) electrons. The van der Waals surface area contributed by atoms with Crippen molar-refractivity contribution in [1.29, 1.82) is 0 Å². The Morgan fingerprint density at radius 2 is 0.902 bits per heavy atom. The van der Waals surface area contributed by atoms with E-state index in [2.05, 4.69) is 125 Å². The molecule has 0 saturated carbocycles. The van der Waals surface area contributed by atoms with Crippen LogP contribution < -0.4 is 0 Å². The van der Waals surface area contributed by atoms with E-state index in [4.69, 9.17) is 8.75 Å².